The first kappa shape index (κ1) is 14.3. The normalized spacial score (nSPS) is 25.1. The zero-order chi connectivity index (χ0) is 14.0. The Morgan fingerprint density at radius 2 is 1.89 bits per heavy atom. The Bertz CT molecular complexity index is 519. The Labute approximate surface area is 117 Å². The molecule has 2 rings (SSSR count). The van der Waals surface area contributed by atoms with Crippen molar-refractivity contribution >= 4 is 10.8 Å². The Morgan fingerprint density at radius 1 is 1.26 bits per heavy atom. The highest BCUT2D eigenvalue weighted by atomic mass is 32.2. The molecule has 1 aromatic carbocycles. The van der Waals surface area contributed by atoms with Gasteiger partial charge in [0.05, 0.1) is 15.7 Å². The van der Waals surface area contributed by atoms with Crippen LogP contribution in [-0.2, 0) is 20.3 Å². The van der Waals surface area contributed by atoms with E-state index in [1.165, 1.54) is 5.56 Å². The molecule has 0 bridgehead atoms. The van der Waals surface area contributed by atoms with Crippen LogP contribution in [0.25, 0.3) is 0 Å². The van der Waals surface area contributed by atoms with Gasteiger partial charge in [0.15, 0.2) is 0 Å². The van der Waals surface area contributed by atoms with Gasteiger partial charge in [-0.1, -0.05) is 17.7 Å². The summed E-state index contributed by atoms with van der Waals surface area (Å²) < 4.78 is 23.7. The van der Waals surface area contributed by atoms with Crippen molar-refractivity contribution < 1.29 is 13.7 Å². The third kappa shape index (κ3) is 3.07. The smallest absolute Gasteiger partial charge is 0.207 e. The number of allylic oxidation sites excluding steroid dienone is 2. The van der Waals surface area contributed by atoms with Gasteiger partial charge >= 0.3 is 0 Å². The zero-order valence-electron chi connectivity index (χ0n) is 11.9. The van der Waals surface area contributed by atoms with Crippen LogP contribution in [0.3, 0.4) is 0 Å². The molecule has 1 unspecified atom stereocenters. The Morgan fingerprint density at radius 3 is 2.42 bits per heavy atom. The maximum absolute atomic E-state index is 12.6. The Kier molecular flexibility index (Phi) is 4.11. The van der Waals surface area contributed by atoms with Gasteiger partial charge in [-0.15, -0.1) is 0 Å². The van der Waals surface area contributed by atoms with Crippen LogP contribution in [0.15, 0.2) is 39.8 Å². The molecular formula is C15H20O3S. The number of methoxy groups -OCH3 is 1. The van der Waals surface area contributed by atoms with E-state index >= 15 is 0 Å². The number of hydrogen-bond donors (Lipinski definition) is 0. The fourth-order valence-corrected chi connectivity index (χ4v) is 3.38. The van der Waals surface area contributed by atoms with E-state index < -0.39 is 16.6 Å². The summed E-state index contributed by atoms with van der Waals surface area (Å²) >= 11 is 0. The summed E-state index contributed by atoms with van der Waals surface area (Å²) in [4.78, 5) is 1.68. The summed E-state index contributed by atoms with van der Waals surface area (Å²) in [6.07, 6.45) is 1.45. The van der Waals surface area contributed by atoms with Gasteiger partial charge in [-0.25, -0.2) is 4.21 Å². The molecule has 1 aliphatic heterocycles. The highest BCUT2D eigenvalue weighted by Gasteiger charge is 2.33. The number of aryl methyl sites for hydroxylation is 1. The summed E-state index contributed by atoms with van der Waals surface area (Å²) in [7, 11) is 0.490. The van der Waals surface area contributed by atoms with Crippen LogP contribution in [0.5, 0.6) is 0 Å². The van der Waals surface area contributed by atoms with Crippen LogP contribution in [-0.4, -0.2) is 17.1 Å². The van der Waals surface area contributed by atoms with Crippen molar-refractivity contribution in [2.45, 2.75) is 44.3 Å². The molecule has 0 saturated heterocycles. The van der Waals surface area contributed by atoms with E-state index in [4.69, 9.17) is 9.47 Å². The molecule has 0 radical (unpaired) electrons. The SMILES string of the molecule is CO[C@]1(C)CCC(S(=O)c2ccc(C)cc2)=C(C)O1. The van der Waals surface area contributed by atoms with Gasteiger partial charge in [0.1, 0.15) is 5.76 Å². The van der Waals surface area contributed by atoms with Gasteiger partial charge in [0, 0.05) is 25.3 Å². The molecule has 1 aliphatic rings. The zero-order valence-corrected chi connectivity index (χ0v) is 12.7. The van der Waals surface area contributed by atoms with Gasteiger partial charge in [-0.3, -0.25) is 0 Å². The van der Waals surface area contributed by atoms with Crippen LogP contribution >= 0.6 is 0 Å². The van der Waals surface area contributed by atoms with E-state index in [0.717, 1.165) is 22.0 Å². The van der Waals surface area contributed by atoms with Crippen molar-refractivity contribution in [2.75, 3.05) is 7.11 Å². The van der Waals surface area contributed by atoms with Crippen molar-refractivity contribution in [1.82, 2.24) is 0 Å². The second-order valence-corrected chi connectivity index (χ2v) is 6.50. The molecule has 0 fully saturated rings. The number of ether oxygens (including phenoxy) is 2. The molecule has 4 heteroatoms. The minimum atomic E-state index is -1.14. The van der Waals surface area contributed by atoms with Gasteiger partial charge < -0.3 is 9.47 Å². The van der Waals surface area contributed by atoms with E-state index in [0.29, 0.717) is 6.42 Å². The highest BCUT2D eigenvalue weighted by molar-refractivity contribution is 7.89. The van der Waals surface area contributed by atoms with Gasteiger partial charge in [0.25, 0.3) is 0 Å². The summed E-state index contributed by atoms with van der Waals surface area (Å²) in [6, 6.07) is 7.78. The molecule has 2 atom stereocenters. The standard InChI is InChI=1S/C15H20O3S/c1-11-5-7-13(8-6-11)19(16)14-9-10-15(3,17-4)18-12(14)2/h5-8H,9-10H2,1-4H3/t15-,19?/m0/s1. The molecule has 1 aromatic rings. The molecule has 3 nitrogen and oxygen atoms in total. The molecular weight excluding hydrogens is 260 g/mol. The van der Waals surface area contributed by atoms with Crippen molar-refractivity contribution in [3.63, 3.8) is 0 Å². The van der Waals surface area contributed by atoms with Crippen molar-refractivity contribution in [3.05, 3.63) is 40.5 Å². The molecule has 0 N–H and O–H groups in total. The van der Waals surface area contributed by atoms with E-state index in [1.807, 2.05) is 45.0 Å². The first-order valence-electron chi connectivity index (χ1n) is 6.37. The first-order chi connectivity index (χ1) is 8.95. The molecule has 0 spiro atoms. The third-order valence-corrected chi connectivity index (χ3v) is 5.10. The summed E-state index contributed by atoms with van der Waals surface area (Å²) in [5.41, 5.74) is 1.17. The van der Waals surface area contributed by atoms with Crippen LogP contribution in [0.4, 0.5) is 0 Å². The van der Waals surface area contributed by atoms with Crippen molar-refractivity contribution in [1.29, 1.82) is 0 Å². The maximum atomic E-state index is 12.6. The lowest BCUT2D eigenvalue weighted by molar-refractivity contribution is -0.195. The topological polar surface area (TPSA) is 35.5 Å². The Hall–Kier alpha value is -1.13. The Balaban J connectivity index is 2.25. The average molecular weight is 280 g/mol. The predicted molar refractivity (Wildman–Crippen MR) is 76.0 cm³/mol. The van der Waals surface area contributed by atoms with E-state index in [9.17, 15) is 4.21 Å². The largest absolute Gasteiger partial charge is 0.466 e. The monoisotopic (exact) mass is 280 g/mol. The minimum absolute atomic E-state index is 0.592. The average Bonchev–Trinajstić information content (AvgIpc) is 2.39. The van der Waals surface area contributed by atoms with Crippen LogP contribution in [0.2, 0.25) is 0 Å². The molecule has 0 aliphatic carbocycles. The number of hydrogen-bond acceptors (Lipinski definition) is 3. The fraction of sp³-hybridized carbons (Fsp3) is 0.467. The van der Waals surface area contributed by atoms with Crippen molar-refractivity contribution in [2.24, 2.45) is 0 Å². The lowest BCUT2D eigenvalue weighted by Gasteiger charge is -2.34. The lowest BCUT2D eigenvalue weighted by atomic mass is 10.1. The van der Waals surface area contributed by atoms with E-state index in [2.05, 4.69) is 0 Å². The van der Waals surface area contributed by atoms with Crippen LogP contribution in [0, 0.1) is 6.92 Å². The fourth-order valence-electron chi connectivity index (χ4n) is 2.12. The first-order valence-corrected chi connectivity index (χ1v) is 7.52. The van der Waals surface area contributed by atoms with Gasteiger partial charge in [0.2, 0.25) is 5.79 Å². The lowest BCUT2D eigenvalue weighted by Crippen LogP contribution is -2.34. The van der Waals surface area contributed by atoms with Crippen LogP contribution in [0.1, 0.15) is 32.3 Å². The molecule has 0 aromatic heterocycles. The quantitative estimate of drug-likeness (QED) is 0.850. The summed E-state index contributed by atoms with van der Waals surface area (Å²) in [6.45, 7) is 5.78. The van der Waals surface area contributed by atoms with Crippen LogP contribution < -0.4 is 0 Å². The van der Waals surface area contributed by atoms with Gasteiger partial charge in [-0.2, -0.15) is 0 Å². The molecule has 19 heavy (non-hydrogen) atoms. The molecule has 1 heterocycles. The summed E-state index contributed by atoms with van der Waals surface area (Å²) in [5.74, 6) is 0.125. The third-order valence-electron chi connectivity index (χ3n) is 3.46. The minimum Gasteiger partial charge on any atom is -0.466 e. The second-order valence-electron chi connectivity index (χ2n) is 5.00. The van der Waals surface area contributed by atoms with E-state index in [-0.39, 0.29) is 0 Å². The second kappa shape index (κ2) is 5.47. The summed E-state index contributed by atoms with van der Waals surface area (Å²) in [5, 5.41) is 0. The molecule has 0 amide bonds. The number of benzene rings is 1. The van der Waals surface area contributed by atoms with E-state index in [1.54, 1.807) is 7.11 Å². The van der Waals surface area contributed by atoms with Gasteiger partial charge in [-0.05, 0) is 32.4 Å². The number of rotatable bonds is 3. The van der Waals surface area contributed by atoms with Crippen molar-refractivity contribution in [3.8, 4) is 0 Å². The predicted octanol–water partition coefficient (Wildman–Crippen LogP) is 3.51. The highest BCUT2D eigenvalue weighted by Crippen LogP contribution is 2.35. The maximum Gasteiger partial charge on any atom is 0.207 e. The molecule has 104 valence electrons. The molecule has 0 saturated carbocycles.